The number of hydrogen-bond donors (Lipinski definition) is 1. The Morgan fingerprint density at radius 3 is 3.19 bits per heavy atom. The molecule has 2 aromatic rings. The van der Waals surface area contributed by atoms with Crippen molar-refractivity contribution in [3.63, 3.8) is 0 Å². The summed E-state index contributed by atoms with van der Waals surface area (Å²) in [6.07, 6.45) is 5.16. The van der Waals surface area contributed by atoms with E-state index in [4.69, 9.17) is 0 Å². The first-order chi connectivity index (χ1) is 10.2. The number of aromatic nitrogens is 1. The van der Waals surface area contributed by atoms with Crippen LogP contribution in [0.4, 0.5) is 9.52 Å². The minimum absolute atomic E-state index is 0.197. The molecule has 0 saturated carbocycles. The number of piperidine rings is 1. The zero-order valence-corrected chi connectivity index (χ0v) is 13.3. The lowest BCUT2D eigenvalue weighted by Crippen LogP contribution is -2.38. The average molecular weight is 307 g/mol. The second-order valence-electron chi connectivity index (χ2n) is 5.79. The molecule has 0 radical (unpaired) electrons. The van der Waals surface area contributed by atoms with Gasteiger partial charge in [0, 0.05) is 19.1 Å². The third kappa shape index (κ3) is 3.71. The van der Waals surface area contributed by atoms with Gasteiger partial charge in [-0.15, -0.1) is 0 Å². The molecule has 1 aromatic heterocycles. The highest BCUT2D eigenvalue weighted by Crippen LogP contribution is 2.26. The molecule has 1 aliphatic rings. The van der Waals surface area contributed by atoms with Gasteiger partial charge in [0.05, 0.1) is 10.2 Å². The van der Waals surface area contributed by atoms with Crippen LogP contribution in [0.5, 0.6) is 0 Å². The van der Waals surface area contributed by atoms with Crippen molar-refractivity contribution in [2.45, 2.75) is 38.6 Å². The molecule has 0 bridgehead atoms. The Bertz CT molecular complexity index is 598. The number of nitrogens with one attached hydrogen (secondary N) is 1. The van der Waals surface area contributed by atoms with Gasteiger partial charge in [-0.1, -0.05) is 17.8 Å². The molecule has 3 nitrogen and oxygen atoms in total. The fourth-order valence-corrected chi connectivity index (χ4v) is 3.86. The van der Waals surface area contributed by atoms with E-state index < -0.39 is 0 Å². The predicted molar refractivity (Wildman–Crippen MR) is 87.6 cm³/mol. The van der Waals surface area contributed by atoms with Crippen molar-refractivity contribution in [1.82, 2.24) is 9.88 Å². The Morgan fingerprint density at radius 1 is 1.43 bits per heavy atom. The molecule has 3 rings (SSSR count). The SMILES string of the molecule is CC1CCCCN1CCCNc1nc2ccc(F)cc2s1. The van der Waals surface area contributed by atoms with Crippen molar-refractivity contribution in [3.05, 3.63) is 24.0 Å². The standard InChI is InChI=1S/C16H22FN3S/c1-12-5-2-3-9-20(12)10-4-8-18-16-19-14-7-6-13(17)11-15(14)21-16/h6-7,11-12H,2-5,8-10H2,1H3,(H,18,19). The van der Waals surface area contributed by atoms with E-state index in [1.165, 1.54) is 43.2 Å². The number of hydrogen-bond acceptors (Lipinski definition) is 4. The minimum atomic E-state index is -0.197. The summed E-state index contributed by atoms with van der Waals surface area (Å²) in [5, 5.41) is 4.26. The zero-order valence-electron chi connectivity index (χ0n) is 12.4. The molecule has 1 aliphatic heterocycles. The third-order valence-corrected chi connectivity index (χ3v) is 5.17. The van der Waals surface area contributed by atoms with Gasteiger partial charge in [0.15, 0.2) is 5.13 Å². The first-order valence-corrected chi connectivity index (χ1v) is 8.58. The van der Waals surface area contributed by atoms with Crippen LogP contribution in [0.2, 0.25) is 0 Å². The number of thiazole rings is 1. The van der Waals surface area contributed by atoms with Gasteiger partial charge in [-0.2, -0.15) is 0 Å². The number of fused-ring (bicyclic) bond motifs is 1. The maximum Gasteiger partial charge on any atom is 0.183 e. The van der Waals surface area contributed by atoms with E-state index >= 15 is 0 Å². The summed E-state index contributed by atoms with van der Waals surface area (Å²) in [6, 6.07) is 5.48. The first kappa shape index (κ1) is 14.7. The van der Waals surface area contributed by atoms with Crippen LogP contribution in [0.3, 0.4) is 0 Å². The van der Waals surface area contributed by atoms with Crippen LogP contribution >= 0.6 is 11.3 Å². The van der Waals surface area contributed by atoms with Gasteiger partial charge in [0.2, 0.25) is 0 Å². The van der Waals surface area contributed by atoms with Gasteiger partial charge in [-0.05, 0) is 50.9 Å². The molecule has 21 heavy (non-hydrogen) atoms. The maximum atomic E-state index is 13.1. The van der Waals surface area contributed by atoms with Crippen molar-refractivity contribution < 1.29 is 4.39 Å². The molecule has 0 amide bonds. The van der Waals surface area contributed by atoms with Crippen LogP contribution in [0.25, 0.3) is 10.2 Å². The summed E-state index contributed by atoms with van der Waals surface area (Å²) in [6.45, 7) is 5.63. The Balaban J connectivity index is 1.48. The number of likely N-dealkylation sites (tertiary alicyclic amines) is 1. The van der Waals surface area contributed by atoms with Crippen LogP contribution in [0.1, 0.15) is 32.6 Å². The highest BCUT2D eigenvalue weighted by molar-refractivity contribution is 7.22. The lowest BCUT2D eigenvalue weighted by molar-refractivity contribution is 0.160. The number of benzene rings is 1. The van der Waals surface area contributed by atoms with Crippen molar-refractivity contribution in [2.75, 3.05) is 25.0 Å². The van der Waals surface area contributed by atoms with Gasteiger partial charge in [-0.3, -0.25) is 0 Å². The largest absolute Gasteiger partial charge is 0.361 e. The van der Waals surface area contributed by atoms with E-state index in [1.807, 2.05) is 0 Å². The van der Waals surface area contributed by atoms with Crippen LogP contribution in [-0.4, -0.2) is 35.6 Å². The van der Waals surface area contributed by atoms with Gasteiger partial charge >= 0.3 is 0 Å². The Hall–Kier alpha value is -1.20. The van der Waals surface area contributed by atoms with Crippen LogP contribution < -0.4 is 5.32 Å². The molecular weight excluding hydrogens is 285 g/mol. The molecule has 1 N–H and O–H groups in total. The second kappa shape index (κ2) is 6.71. The molecule has 0 aliphatic carbocycles. The molecular formula is C16H22FN3S. The number of halogens is 1. The molecule has 1 atom stereocenters. The smallest absolute Gasteiger partial charge is 0.183 e. The molecule has 1 saturated heterocycles. The highest BCUT2D eigenvalue weighted by Gasteiger charge is 2.17. The van der Waals surface area contributed by atoms with E-state index in [0.29, 0.717) is 0 Å². The summed E-state index contributed by atoms with van der Waals surface area (Å²) >= 11 is 1.52. The van der Waals surface area contributed by atoms with Gasteiger partial charge in [0.1, 0.15) is 5.82 Å². The lowest BCUT2D eigenvalue weighted by atomic mass is 10.0. The molecule has 5 heteroatoms. The molecule has 1 aromatic carbocycles. The first-order valence-electron chi connectivity index (χ1n) is 7.76. The van der Waals surface area contributed by atoms with Crippen molar-refractivity contribution in [2.24, 2.45) is 0 Å². The van der Waals surface area contributed by atoms with E-state index in [9.17, 15) is 4.39 Å². The second-order valence-corrected chi connectivity index (χ2v) is 6.82. The summed E-state index contributed by atoms with van der Waals surface area (Å²) < 4.78 is 14.1. The monoisotopic (exact) mass is 307 g/mol. The molecule has 114 valence electrons. The summed E-state index contributed by atoms with van der Waals surface area (Å²) in [5.74, 6) is -0.197. The van der Waals surface area contributed by atoms with Gasteiger partial charge in [0.25, 0.3) is 0 Å². The van der Waals surface area contributed by atoms with Crippen LogP contribution in [-0.2, 0) is 0 Å². The Labute approximate surface area is 129 Å². The Morgan fingerprint density at radius 2 is 2.33 bits per heavy atom. The minimum Gasteiger partial charge on any atom is -0.361 e. The van der Waals surface area contributed by atoms with E-state index in [1.54, 1.807) is 12.1 Å². The quantitative estimate of drug-likeness (QED) is 0.843. The Kier molecular flexibility index (Phi) is 4.70. The molecule has 2 heterocycles. The zero-order chi connectivity index (χ0) is 14.7. The maximum absolute atomic E-state index is 13.1. The van der Waals surface area contributed by atoms with Gasteiger partial charge < -0.3 is 10.2 Å². The number of rotatable bonds is 5. The molecule has 1 fully saturated rings. The fourth-order valence-electron chi connectivity index (χ4n) is 2.94. The van der Waals surface area contributed by atoms with E-state index in [-0.39, 0.29) is 5.82 Å². The fraction of sp³-hybridized carbons (Fsp3) is 0.562. The van der Waals surface area contributed by atoms with E-state index in [2.05, 4.69) is 22.1 Å². The van der Waals surface area contributed by atoms with Crippen LogP contribution in [0.15, 0.2) is 18.2 Å². The molecule has 1 unspecified atom stereocenters. The third-order valence-electron chi connectivity index (χ3n) is 4.19. The summed E-state index contributed by atoms with van der Waals surface area (Å²) in [5.41, 5.74) is 0.869. The average Bonchev–Trinajstić information content (AvgIpc) is 2.87. The summed E-state index contributed by atoms with van der Waals surface area (Å²) in [4.78, 5) is 7.06. The predicted octanol–water partition coefficient (Wildman–Crippen LogP) is 4.11. The van der Waals surface area contributed by atoms with E-state index in [0.717, 1.165) is 40.9 Å². The lowest BCUT2D eigenvalue weighted by Gasteiger charge is -2.33. The van der Waals surface area contributed by atoms with Crippen molar-refractivity contribution in [1.29, 1.82) is 0 Å². The normalized spacial score (nSPS) is 20.0. The van der Waals surface area contributed by atoms with Gasteiger partial charge in [-0.25, -0.2) is 9.37 Å². The topological polar surface area (TPSA) is 28.2 Å². The summed E-state index contributed by atoms with van der Waals surface area (Å²) in [7, 11) is 0. The number of anilines is 1. The van der Waals surface area contributed by atoms with Crippen LogP contribution in [0, 0.1) is 5.82 Å². The molecule has 0 spiro atoms. The van der Waals surface area contributed by atoms with Crippen molar-refractivity contribution >= 4 is 26.7 Å². The highest BCUT2D eigenvalue weighted by atomic mass is 32.1. The van der Waals surface area contributed by atoms with Crippen molar-refractivity contribution in [3.8, 4) is 0 Å². The number of nitrogens with zero attached hydrogens (tertiary/aromatic N) is 2.